The molecule has 0 radical (unpaired) electrons. The number of para-hydroxylation sites is 2. The van der Waals surface area contributed by atoms with Gasteiger partial charge in [-0.25, -0.2) is 9.97 Å². The van der Waals surface area contributed by atoms with E-state index >= 15 is 0 Å². The van der Waals surface area contributed by atoms with E-state index in [2.05, 4.69) is 229 Å². The highest BCUT2D eigenvalue weighted by molar-refractivity contribution is 7.14. The molecule has 3 aromatic heterocycles. The van der Waals surface area contributed by atoms with E-state index < -0.39 is 0 Å². The molecule has 0 atom stereocenters. The van der Waals surface area contributed by atoms with E-state index in [4.69, 9.17) is 9.97 Å². The summed E-state index contributed by atoms with van der Waals surface area (Å²) in [4.78, 5) is 14.4. The number of anilines is 3. The quantitative estimate of drug-likeness (QED) is 0.153. The summed E-state index contributed by atoms with van der Waals surface area (Å²) in [7, 11) is 0. The maximum Gasteiger partial charge on any atom is 0.235 e. The molecule has 0 spiro atoms. The Balaban J connectivity index is 1.10. The van der Waals surface area contributed by atoms with E-state index in [9.17, 15) is 0 Å². The second-order valence-corrected chi connectivity index (χ2v) is 16.4. The summed E-state index contributed by atoms with van der Waals surface area (Å²) in [5, 5.41) is 7.07. The van der Waals surface area contributed by atoms with Crippen molar-refractivity contribution in [2.75, 3.05) is 4.90 Å². The van der Waals surface area contributed by atoms with Crippen molar-refractivity contribution in [3.05, 3.63) is 217 Å². The number of rotatable bonds is 8. The maximum absolute atomic E-state index is 5.57. The van der Waals surface area contributed by atoms with Crippen LogP contribution in [0.3, 0.4) is 0 Å². The summed E-state index contributed by atoms with van der Waals surface area (Å²) >= 11 is 1.76. The molecule has 0 aliphatic carbocycles. The van der Waals surface area contributed by atoms with Gasteiger partial charge in [0.2, 0.25) is 5.95 Å². The first-order chi connectivity index (χ1) is 30.1. The molecule has 11 rings (SSSR count). The van der Waals surface area contributed by atoms with Crippen molar-refractivity contribution in [2.45, 2.75) is 13.8 Å². The Morgan fingerprint density at radius 3 is 1.92 bits per heavy atom. The third-order valence-corrected chi connectivity index (χ3v) is 12.9. The largest absolute Gasteiger partial charge is 0.309 e. The van der Waals surface area contributed by atoms with Crippen LogP contribution in [0.1, 0.15) is 11.3 Å². The van der Waals surface area contributed by atoms with E-state index in [0.29, 0.717) is 5.95 Å². The zero-order valence-electron chi connectivity index (χ0n) is 33.8. The fourth-order valence-corrected chi connectivity index (χ4v) is 10.0. The number of fused-ring (bicyclic) bond motifs is 4. The maximum atomic E-state index is 5.57. The number of hydrogen-bond donors (Lipinski definition) is 0. The van der Waals surface area contributed by atoms with Crippen LogP contribution in [0.25, 0.3) is 82.2 Å². The van der Waals surface area contributed by atoms with Crippen LogP contribution in [-0.2, 0) is 0 Å². The lowest BCUT2D eigenvalue weighted by molar-refractivity contribution is 1.05. The van der Waals surface area contributed by atoms with Gasteiger partial charge in [-0.2, -0.15) is 0 Å². The Morgan fingerprint density at radius 1 is 0.475 bits per heavy atom. The van der Waals surface area contributed by atoms with Gasteiger partial charge < -0.3 is 4.57 Å². The number of aromatic nitrogens is 3. The molecule has 0 N–H and O–H groups in total. The molecule has 8 aromatic carbocycles. The van der Waals surface area contributed by atoms with Crippen LogP contribution in [0.4, 0.5) is 17.3 Å². The summed E-state index contributed by atoms with van der Waals surface area (Å²) in [6, 6.07) is 71.3. The molecule has 0 saturated heterocycles. The summed E-state index contributed by atoms with van der Waals surface area (Å²) < 4.78 is 2.38. The molecule has 0 fully saturated rings. The highest BCUT2D eigenvalue weighted by Crippen LogP contribution is 2.45. The summed E-state index contributed by atoms with van der Waals surface area (Å²) in [6.07, 6.45) is 0. The van der Waals surface area contributed by atoms with Gasteiger partial charge in [-0.05, 0) is 106 Å². The van der Waals surface area contributed by atoms with Gasteiger partial charge >= 0.3 is 0 Å². The van der Waals surface area contributed by atoms with Crippen LogP contribution in [-0.4, -0.2) is 14.5 Å². The van der Waals surface area contributed by atoms with E-state index in [-0.39, 0.29) is 0 Å². The van der Waals surface area contributed by atoms with Crippen molar-refractivity contribution in [1.29, 1.82) is 0 Å². The monoisotopic (exact) mass is 800 g/mol. The average molecular weight is 801 g/mol. The number of nitrogens with zero attached hydrogens (tertiary/aromatic N) is 4. The second kappa shape index (κ2) is 15.2. The van der Waals surface area contributed by atoms with Gasteiger partial charge in [-0.15, -0.1) is 11.3 Å². The van der Waals surface area contributed by atoms with Gasteiger partial charge in [0.25, 0.3) is 0 Å². The molecule has 61 heavy (non-hydrogen) atoms. The van der Waals surface area contributed by atoms with Crippen molar-refractivity contribution < 1.29 is 0 Å². The standard InChI is InChI=1S/C56H40N4S/c1-37-50(40-18-6-3-7-19-40)36-61-55(37)53-38(2)57-56(58-54(53)41-20-8-4-9-21-41)59(47-31-29-39-17-12-13-22-42(39)33-47)46-26-16-23-43(34-46)44-30-32-49-48-27-14-15-28-51(48)60(52(49)35-44)45-24-10-5-11-25-45/h3-36H,1-2H3. The number of thiophene rings is 1. The molecule has 0 aliphatic heterocycles. The Bertz CT molecular complexity index is 3390. The Kier molecular flexibility index (Phi) is 9.10. The minimum atomic E-state index is 0.615. The highest BCUT2D eigenvalue weighted by Gasteiger charge is 2.25. The van der Waals surface area contributed by atoms with E-state index in [1.807, 2.05) is 0 Å². The Hall–Kier alpha value is -7.60. The Morgan fingerprint density at radius 2 is 1.11 bits per heavy atom. The van der Waals surface area contributed by atoms with Crippen LogP contribution in [0.5, 0.6) is 0 Å². The lowest BCUT2D eigenvalue weighted by Gasteiger charge is -2.26. The third-order valence-electron chi connectivity index (χ3n) is 11.8. The highest BCUT2D eigenvalue weighted by atomic mass is 32.1. The molecule has 0 unspecified atom stereocenters. The molecule has 0 bridgehead atoms. The van der Waals surface area contributed by atoms with Crippen LogP contribution in [0.2, 0.25) is 0 Å². The smallest absolute Gasteiger partial charge is 0.235 e. The average Bonchev–Trinajstić information content (AvgIpc) is 3.86. The van der Waals surface area contributed by atoms with Crippen molar-refractivity contribution in [3.8, 4) is 49.6 Å². The first kappa shape index (κ1) is 36.5. The van der Waals surface area contributed by atoms with E-state index in [0.717, 1.165) is 56.1 Å². The van der Waals surface area contributed by atoms with E-state index in [1.54, 1.807) is 11.3 Å². The predicted molar refractivity (Wildman–Crippen MR) is 258 cm³/mol. The molecular weight excluding hydrogens is 761 g/mol. The van der Waals surface area contributed by atoms with Crippen LogP contribution in [0.15, 0.2) is 206 Å². The van der Waals surface area contributed by atoms with Gasteiger partial charge in [0, 0.05) is 43.8 Å². The normalized spacial score (nSPS) is 11.4. The lowest BCUT2D eigenvalue weighted by atomic mass is 9.97. The minimum absolute atomic E-state index is 0.615. The third kappa shape index (κ3) is 6.47. The first-order valence-electron chi connectivity index (χ1n) is 20.6. The van der Waals surface area contributed by atoms with Gasteiger partial charge in [0.1, 0.15) is 0 Å². The topological polar surface area (TPSA) is 34.0 Å². The first-order valence-corrected chi connectivity index (χ1v) is 21.5. The van der Waals surface area contributed by atoms with Crippen molar-refractivity contribution in [1.82, 2.24) is 14.5 Å². The minimum Gasteiger partial charge on any atom is -0.309 e. The number of benzene rings is 8. The van der Waals surface area contributed by atoms with Crippen LogP contribution < -0.4 is 4.90 Å². The van der Waals surface area contributed by atoms with Gasteiger partial charge in [-0.1, -0.05) is 152 Å². The fraction of sp³-hybridized carbons (Fsp3) is 0.0357. The predicted octanol–water partition coefficient (Wildman–Crippen LogP) is 15.5. The Labute approximate surface area is 359 Å². The summed E-state index contributed by atoms with van der Waals surface area (Å²) in [5.74, 6) is 0.615. The molecule has 4 nitrogen and oxygen atoms in total. The SMILES string of the molecule is Cc1nc(N(c2cccc(-c3ccc4c5ccccc5n(-c5ccccc5)c4c3)c2)c2ccc3ccccc3c2)nc(-c2ccccc2)c1-c1scc(-c2ccccc2)c1C. The molecule has 3 heterocycles. The van der Waals surface area contributed by atoms with Crippen molar-refractivity contribution >= 4 is 61.2 Å². The molecular formula is C56H40N4S. The lowest BCUT2D eigenvalue weighted by Crippen LogP contribution is -2.15. The molecule has 0 amide bonds. The molecule has 11 aromatic rings. The number of hydrogen-bond acceptors (Lipinski definition) is 4. The summed E-state index contributed by atoms with van der Waals surface area (Å²) in [6.45, 7) is 4.35. The molecule has 290 valence electrons. The number of aryl methyl sites for hydroxylation is 1. The second-order valence-electron chi connectivity index (χ2n) is 15.5. The fourth-order valence-electron chi connectivity index (χ4n) is 8.83. The summed E-state index contributed by atoms with van der Waals surface area (Å²) in [5.41, 5.74) is 15.3. The molecule has 0 saturated carbocycles. The van der Waals surface area contributed by atoms with Crippen molar-refractivity contribution in [3.63, 3.8) is 0 Å². The van der Waals surface area contributed by atoms with E-state index in [1.165, 1.54) is 48.8 Å². The van der Waals surface area contributed by atoms with Crippen molar-refractivity contribution in [2.24, 2.45) is 0 Å². The molecule has 5 heteroatoms. The zero-order chi connectivity index (χ0) is 40.9. The van der Waals surface area contributed by atoms with Crippen LogP contribution in [0, 0.1) is 13.8 Å². The van der Waals surface area contributed by atoms with Gasteiger partial charge in [0.05, 0.1) is 22.4 Å². The van der Waals surface area contributed by atoms with Gasteiger partial charge in [-0.3, -0.25) is 4.90 Å². The zero-order valence-corrected chi connectivity index (χ0v) is 34.6. The molecule has 0 aliphatic rings. The van der Waals surface area contributed by atoms with Crippen LogP contribution >= 0.6 is 11.3 Å². The van der Waals surface area contributed by atoms with Gasteiger partial charge in [0.15, 0.2) is 0 Å².